The van der Waals surface area contributed by atoms with Crippen molar-refractivity contribution < 1.29 is 12.8 Å². The van der Waals surface area contributed by atoms with Crippen LogP contribution < -0.4 is 5.73 Å². The van der Waals surface area contributed by atoms with E-state index in [0.29, 0.717) is 13.1 Å². The van der Waals surface area contributed by atoms with Gasteiger partial charge in [0.2, 0.25) is 10.0 Å². The van der Waals surface area contributed by atoms with Gasteiger partial charge in [0.05, 0.1) is 4.90 Å². The Morgan fingerprint density at radius 3 is 2.56 bits per heavy atom. The third kappa shape index (κ3) is 2.00. The number of benzene rings is 1. The molecule has 0 unspecified atom stereocenters. The molecule has 4 nitrogen and oxygen atoms in total. The lowest BCUT2D eigenvalue weighted by Gasteiger charge is -2.35. The van der Waals surface area contributed by atoms with E-state index in [1.54, 1.807) is 0 Å². The highest BCUT2D eigenvalue weighted by atomic mass is 79.9. The van der Waals surface area contributed by atoms with Crippen LogP contribution in [0.25, 0.3) is 0 Å². The van der Waals surface area contributed by atoms with Crippen LogP contribution in [0.15, 0.2) is 27.6 Å². The predicted octanol–water partition coefficient (Wildman–Crippen LogP) is 0.920. The van der Waals surface area contributed by atoms with E-state index in [2.05, 4.69) is 15.9 Å². The Kier molecular flexibility index (Phi) is 3.04. The summed E-state index contributed by atoms with van der Waals surface area (Å²) in [4.78, 5) is 0.0702. The maximum atomic E-state index is 12.8. The first-order valence-electron chi connectivity index (χ1n) is 4.62. The van der Waals surface area contributed by atoms with E-state index in [0.717, 1.165) is 12.1 Å². The Hall–Kier alpha value is -0.500. The van der Waals surface area contributed by atoms with Crippen molar-refractivity contribution in [2.45, 2.75) is 10.9 Å². The molecule has 1 aliphatic heterocycles. The summed E-state index contributed by atoms with van der Waals surface area (Å²) < 4.78 is 38.4. The Morgan fingerprint density at radius 1 is 1.44 bits per heavy atom. The van der Waals surface area contributed by atoms with Crippen LogP contribution >= 0.6 is 15.9 Å². The van der Waals surface area contributed by atoms with Crippen LogP contribution in [0.5, 0.6) is 0 Å². The molecule has 1 saturated heterocycles. The van der Waals surface area contributed by atoms with Gasteiger partial charge in [-0.25, -0.2) is 12.8 Å². The molecule has 2 rings (SSSR count). The molecule has 88 valence electrons. The monoisotopic (exact) mass is 308 g/mol. The molecule has 2 N–H and O–H groups in total. The molecule has 1 heterocycles. The number of nitrogens with zero attached hydrogens (tertiary/aromatic N) is 1. The second kappa shape index (κ2) is 4.06. The van der Waals surface area contributed by atoms with E-state index in [-0.39, 0.29) is 15.4 Å². The lowest BCUT2D eigenvalue weighted by Crippen LogP contribution is -2.57. The summed E-state index contributed by atoms with van der Waals surface area (Å²) in [5.74, 6) is -0.480. The van der Waals surface area contributed by atoms with Crippen LogP contribution in [-0.2, 0) is 10.0 Å². The third-order valence-electron chi connectivity index (χ3n) is 2.39. The Balaban J connectivity index is 2.36. The third-order valence-corrected chi connectivity index (χ3v) is 5.20. The van der Waals surface area contributed by atoms with Gasteiger partial charge in [-0.05, 0) is 34.1 Å². The summed E-state index contributed by atoms with van der Waals surface area (Å²) in [6.07, 6.45) is 0. The largest absolute Gasteiger partial charge is 0.325 e. The van der Waals surface area contributed by atoms with Crippen LogP contribution in [0.4, 0.5) is 4.39 Å². The second-order valence-electron chi connectivity index (χ2n) is 3.66. The molecule has 1 fully saturated rings. The van der Waals surface area contributed by atoms with E-state index in [1.165, 1.54) is 10.4 Å². The molecular weight excluding hydrogens is 299 g/mol. The summed E-state index contributed by atoms with van der Waals surface area (Å²) in [5.41, 5.74) is 5.53. The first-order valence-corrected chi connectivity index (χ1v) is 6.85. The highest BCUT2D eigenvalue weighted by Gasteiger charge is 2.35. The smallest absolute Gasteiger partial charge is 0.244 e. The van der Waals surface area contributed by atoms with Crippen LogP contribution in [0.2, 0.25) is 0 Å². The van der Waals surface area contributed by atoms with Crippen molar-refractivity contribution in [1.29, 1.82) is 0 Å². The van der Waals surface area contributed by atoms with Gasteiger partial charge in [-0.1, -0.05) is 0 Å². The number of hydrogen-bond acceptors (Lipinski definition) is 3. The Bertz CT molecular complexity index is 514. The topological polar surface area (TPSA) is 63.4 Å². The zero-order valence-electron chi connectivity index (χ0n) is 8.23. The predicted molar refractivity (Wildman–Crippen MR) is 60.8 cm³/mol. The van der Waals surface area contributed by atoms with Gasteiger partial charge in [-0.3, -0.25) is 0 Å². The average Bonchev–Trinajstić information content (AvgIpc) is 2.12. The van der Waals surface area contributed by atoms with Gasteiger partial charge in [-0.15, -0.1) is 0 Å². The molecule has 0 amide bonds. The van der Waals surface area contributed by atoms with Gasteiger partial charge < -0.3 is 5.73 Å². The van der Waals surface area contributed by atoms with Crippen LogP contribution in [-0.4, -0.2) is 31.9 Å². The molecule has 16 heavy (non-hydrogen) atoms. The highest BCUT2D eigenvalue weighted by Crippen LogP contribution is 2.27. The number of sulfonamides is 1. The molecular formula is C9H10BrFN2O2S. The molecule has 1 aromatic rings. The zero-order valence-corrected chi connectivity index (χ0v) is 10.6. The fourth-order valence-corrected chi connectivity index (χ4v) is 4.05. The van der Waals surface area contributed by atoms with E-state index in [1.807, 2.05) is 0 Å². The average molecular weight is 309 g/mol. The lowest BCUT2D eigenvalue weighted by molar-refractivity contribution is 0.265. The SMILES string of the molecule is NC1CN(S(=O)(=O)c2ccc(F)cc2Br)C1. The van der Waals surface area contributed by atoms with E-state index in [4.69, 9.17) is 5.73 Å². The van der Waals surface area contributed by atoms with Gasteiger partial charge in [0.25, 0.3) is 0 Å². The first kappa shape index (κ1) is 12.0. The van der Waals surface area contributed by atoms with Crippen molar-refractivity contribution in [3.8, 4) is 0 Å². The second-order valence-corrected chi connectivity index (χ2v) is 6.42. The fraction of sp³-hybridized carbons (Fsp3) is 0.333. The number of nitrogens with two attached hydrogens (primary N) is 1. The summed E-state index contributed by atoms with van der Waals surface area (Å²) in [7, 11) is -3.54. The molecule has 0 atom stereocenters. The fourth-order valence-electron chi connectivity index (χ4n) is 1.49. The Morgan fingerprint density at radius 2 is 2.06 bits per heavy atom. The highest BCUT2D eigenvalue weighted by molar-refractivity contribution is 9.10. The van der Waals surface area contributed by atoms with E-state index < -0.39 is 15.8 Å². The number of hydrogen-bond donors (Lipinski definition) is 1. The van der Waals surface area contributed by atoms with Gasteiger partial charge in [0.15, 0.2) is 0 Å². The minimum Gasteiger partial charge on any atom is -0.325 e. The van der Waals surface area contributed by atoms with Crippen molar-refractivity contribution in [1.82, 2.24) is 4.31 Å². The molecule has 0 aromatic heterocycles. The van der Waals surface area contributed by atoms with Gasteiger partial charge in [0.1, 0.15) is 5.82 Å². The number of rotatable bonds is 2. The summed E-state index contributed by atoms with van der Waals surface area (Å²) in [6, 6.07) is 3.40. The molecule has 0 radical (unpaired) electrons. The van der Waals surface area contributed by atoms with Crippen molar-refractivity contribution in [3.05, 3.63) is 28.5 Å². The normalized spacial score (nSPS) is 18.4. The minimum absolute atomic E-state index is 0.0702. The van der Waals surface area contributed by atoms with Gasteiger partial charge in [-0.2, -0.15) is 4.31 Å². The lowest BCUT2D eigenvalue weighted by atomic mass is 10.2. The summed E-state index contributed by atoms with van der Waals surface area (Å²) in [6.45, 7) is 0.623. The van der Waals surface area contributed by atoms with Crippen molar-refractivity contribution in [2.75, 3.05) is 13.1 Å². The molecule has 7 heteroatoms. The van der Waals surface area contributed by atoms with Crippen LogP contribution in [0, 0.1) is 5.82 Å². The standard InChI is InChI=1S/C9H10BrFN2O2S/c10-8-3-6(11)1-2-9(8)16(14,15)13-4-7(12)5-13/h1-3,7H,4-5,12H2. The molecule has 0 bridgehead atoms. The molecule has 0 spiro atoms. The quantitative estimate of drug-likeness (QED) is 0.883. The van der Waals surface area contributed by atoms with Crippen LogP contribution in [0.1, 0.15) is 0 Å². The van der Waals surface area contributed by atoms with Crippen molar-refractivity contribution >= 4 is 26.0 Å². The Labute approximate surface area is 101 Å². The van der Waals surface area contributed by atoms with Crippen LogP contribution in [0.3, 0.4) is 0 Å². The minimum atomic E-state index is -3.54. The molecule has 1 aromatic carbocycles. The first-order chi connectivity index (χ1) is 7.41. The maximum absolute atomic E-state index is 12.8. The number of halogens is 2. The summed E-state index contributed by atoms with van der Waals surface area (Å²) >= 11 is 3.04. The van der Waals surface area contributed by atoms with Crippen molar-refractivity contribution in [3.63, 3.8) is 0 Å². The van der Waals surface area contributed by atoms with Crippen molar-refractivity contribution in [2.24, 2.45) is 5.73 Å². The molecule has 0 saturated carbocycles. The molecule has 1 aliphatic rings. The van der Waals surface area contributed by atoms with E-state index in [9.17, 15) is 12.8 Å². The summed E-state index contributed by atoms with van der Waals surface area (Å²) in [5, 5.41) is 0. The van der Waals surface area contributed by atoms with Gasteiger partial charge in [0, 0.05) is 23.6 Å². The van der Waals surface area contributed by atoms with Gasteiger partial charge >= 0.3 is 0 Å². The maximum Gasteiger partial charge on any atom is 0.244 e. The zero-order chi connectivity index (χ0) is 11.9. The van der Waals surface area contributed by atoms with E-state index >= 15 is 0 Å². The molecule has 0 aliphatic carbocycles.